The van der Waals surface area contributed by atoms with E-state index in [1.807, 2.05) is 139 Å². The molecule has 19 heterocycles. The van der Waals surface area contributed by atoms with Gasteiger partial charge in [-0.3, -0.25) is 104 Å². The number of anilines is 5. The summed E-state index contributed by atoms with van der Waals surface area (Å²) in [6.45, 7) is 16.4. The van der Waals surface area contributed by atoms with E-state index in [2.05, 4.69) is 134 Å². The Balaban J connectivity index is 0.000000119. The molecule has 7 aliphatic heterocycles. The maximum atomic E-state index is 13.6. The fourth-order valence-electron chi connectivity index (χ4n) is 19.5. The van der Waals surface area contributed by atoms with Crippen molar-refractivity contribution in [3.63, 3.8) is 0 Å². The van der Waals surface area contributed by atoms with Crippen molar-refractivity contribution in [3.8, 4) is 44.5 Å². The minimum atomic E-state index is -2.62. The number of benzene rings is 4. The molecule has 0 bridgehead atoms. The number of hydrogen-bond donors (Lipinski definition) is 10. The van der Waals surface area contributed by atoms with E-state index in [-0.39, 0.29) is 71.6 Å². The summed E-state index contributed by atoms with van der Waals surface area (Å²) >= 11 is 0. The molecule has 36 nitrogen and oxygen atoms in total. The number of nitrogens with zero attached hydrogens (tertiary/aromatic N) is 19. The van der Waals surface area contributed by atoms with Gasteiger partial charge in [-0.05, 0) is 251 Å². The van der Waals surface area contributed by atoms with Crippen LogP contribution in [0.5, 0.6) is 0 Å². The van der Waals surface area contributed by atoms with Gasteiger partial charge in [0.15, 0.2) is 22.8 Å². The van der Waals surface area contributed by atoms with E-state index in [0.717, 1.165) is 256 Å². The Hall–Kier alpha value is -15.8. The molecule has 0 unspecified atom stereocenters. The van der Waals surface area contributed by atoms with E-state index in [4.69, 9.17) is 10.5 Å². The second kappa shape index (κ2) is 45.0. The number of fused-ring (bicyclic) bond motifs is 4. The number of carbonyl (C=O) groups is 6. The van der Waals surface area contributed by atoms with Gasteiger partial charge in [-0.15, -0.1) is 0 Å². The number of piperidine rings is 1. The number of alkyl halides is 2. The van der Waals surface area contributed by atoms with Crippen molar-refractivity contribution in [1.82, 2.24) is 115 Å². The third kappa shape index (κ3) is 24.1. The Morgan fingerprint density at radius 2 is 0.678 bits per heavy atom. The number of carbonyl (C=O) groups excluding carboxylic acids is 6. The normalized spacial score (nSPS) is 16.3. The Morgan fingerprint density at radius 3 is 1.01 bits per heavy atom. The average Bonchev–Trinajstić information content (AvgIpc) is 1.64. The van der Waals surface area contributed by atoms with Crippen molar-refractivity contribution in [2.24, 2.45) is 0 Å². The zero-order chi connectivity index (χ0) is 100.0. The monoisotopic (exact) mass is 1970 g/mol. The smallest absolute Gasteiger partial charge is 0.276 e. The van der Waals surface area contributed by atoms with E-state index in [9.17, 15) is 42.7 Å². The van der Waals surface area contributed by atoms with Crippen LogP contribution >= 0.6 is 0 Å². The number of nitrogens with one attached hydrogen (secondary N) is 8. The molecule has 4 aromatic carbocycles. The van der Waals surface area contributed by atoms with Gasteiger partial charge in [-0.2, -0.15) is 20.4 Å². The number of nitrogens with two attached hydrogens (primary N) is 1. The molecule has 0 radical (unpaired) electrons. The number of aromatic amines is 4. The number of halogens is 2. The summed E-state index contributed by atoms with van der Waals surface area (Å²) in [5.74, 6) is -4.11. The Morgan fingerprint density at radius 1 is 0.349 bits per heavy atom. The topological polar surface area (TPSA) is 447 Å². The summed E-state index contributed by atoms with van der Waals surface area (Å²) in [6.07, 6.45) is 30.9. The lowest BCUT2D eigenvalue weighted by atomic mass is 10.0. The highest BCUT2D eigenvalue weighted by atomic mass is 19.3. The number of rotatable bonds is 24. The fourth-order valence-corrected chi connectivity index (χ4v) is 19.5. The molecule has 0 atom stereocenters. The molecule has 146 heavy (non-hydrogen) atoms. The minimum absolute atomic E-state index is 0.0743. The van der Waals surface area contributed by atoms with E-state index in [1.54, 1.807) is 71.2 Å². The number of morpholine rings is 1. The van der Waals surface area contributed by atoms with Crippen LogP contribution in [0.15, 0.2) is 220 Å². The molecule has 23 rings (SSSR count). The van der Waals surface area contributed by atoms with Crippen LogP contribution in [0.4, 0.5) is 37.2 Å². The highest BCUT2D eigenvalue weighted by molar-refractivity contribution is 6.15. The van der Waals surface area contributed by atoms with Crippen LogP contribution in [0.1, 0.15) is 162 Å². The van der Waals surface area contributed by atoms with Crippen molar-refractivity contribution in [3.05, 3.63) is 282 Å². The molecule has 7 fully saturated rings. The molecular formula is C108H112F2N28O8. The maximum absolute atomic E-state index is 13.6. The maximum Gasteiger partial charge on any atom is 0.276 e. The van der Waals surface area contributed by atoms with Gasteiger partial charge in [0.1, 0.15) is 11.4 Å². The van der Waals surface area contributed by atoms with E-state index >= 15 is 0 Å². The lowest BCUT2D eigenvalue weighted by molar-refractivity contribution is 0.0114. The van der Waals surface area contributed by atoms with Crippen LogP contribution in [0.2, 0.25) is 0 Å². The third-order valence-corrected chi connectivity index (χ3v) is 27.3. The largest absolute Gasteiger partial charge is 0.397 e. The van der Waals surface area contributed by atoms with Gasteiger partial charge in [0.25, 0.3) is 41.4 Å². The molecule has 6 amide bonds. The highest BCUT2D eigenvalue weighted by Gasteiger charge is 2.38. The standard InChI is InChI=1S/C29H31N7O3.C28H29F2N7O.C28H29N7O3.C23H23N7O/c37-23-7-11-35(12-8-23)18-19-13-21(16-30-15-19)20-3-5-25-24(14-20)27(34-33-25)28(38)32-22-4-6-26(31-17-22)29(39)36-9-1-2-10-36;29-28(30)7-10-37(18-28)16-19-11-21(14-31-13-19)20-3-6-25-24(12-20)26(35-34-25)27(38)33-22-4-5-23(32-15-22)17-36-8-1-2-9-36;36-27(31-22-4-6-25(30-17-22)28(37)35-7-1-2-8-35)26-23-14-20(3-5-24(23)32-33-26)21-13-19(15-29-16-21)18-34-9-11-38-12-10-34;24-17-9-16(11-25-12-17)15-3-6-21-20(10-15)22(29-28-21)23(31)27-18-4-5-19(26-13-18)14-30-7-1-2-8-30/h3-6,13-17,23,37H,1-2,7-12,18H2,(H,32,38)(H,33,34);3-6,11-15H,1-2,7-10,16-18H2,(H,33,38)(H,34,35);3-6,13-17H,1-2,7-12,18H2,(H,31,36)(H,32,33);3-6,9-13H,1-2,7-8,14,24H2,(H,27,31)(H,28,29). The van der Waals surface area contributed by atoms with Crippen molar-refractivity contribution in [2.45, 2.75) is 115 Å². The number of ether oxygens (including phenoxy) is 1. The van der Waals surface area contributed by atoms with E-state index in [0.29, 0.717) is 74.8 Å². The summed E-state index contributed by atoms with van der Waals surface area (Å²) in [6, 6.07) is 45.6. The molecule has 16 aromatic rings. The Bertz CT molecular complexity index is 7350. The van der Waals surface area contributed by atoms with Gasteiger partial charge in [0.05, 0.1) is 113 Å². The second-order valence-electron chi connectivity index (χ2n) is 38.0. The summed E-state index contributed by atoms with van der Waals surface area (Å²) in [5, 5.41) is 52.8. The predicted molar refractivity (Wildman–Crippen MR) is 551 cm³/mol. The Labute approximate surface area is 839 Å². The first kappa shape index (κ1) is 97.6. The summed E-state index contributed by atoms with van der Waals surface area (Å²) in [4.78, 5) is 127. The fraction of sp³-hybridized carbons (Fsp3) is 0.315. The number of pyridine rings is 8. The molecule has 0 aliphatic carbocycles. The van der Waals surface area contributed by atoms with Crippen LogP contribution < -0.4 is 27.0 Å². The molecule has 0 saturated carbocycles. The van der Waals surface area contributed by atoms with Gasteiger partial charge in [0.2, 0.25) is 0 Å². The van der Waals surface area contributed by atoms with Crippen LogP contribution in [-0.2, 0) is 37.5 Å². The van der Waals surface area contributed by atoms with Crippen molar-refractivity contribution in [1.29, 1.82) is 0 Å². The summed E-state index contributed by atoms with van der Waals surface area (Å²) in [7, 11) is 0. The SMILES string of the molecule is Nc1cncc(-c2ccc3[nH]nc(C(=O)Nc4ccc(CN5CCCC5)nc4)c3c2)c1.O=C(Nc1ccc(C(=O)N2CCCC2)nc1)c1n[nH]c2ccc(-c3cncc(CN4CCC(O)CC4)c3)cc12.O=C(Nc1ccc(C(=O)N2CCCC2)nc1)c1n[nH]c2ccc(-c3cncc(CN4CCOCC4)c3)cc12.O=C(Nc1ccc(CN2CCCC2)nc1)c1n[nH]c2ccc(-c3cncc(CN4CCC(F)(F)C4)c3)cc12. The first-order valence-corrected chi connectivity index (χ1v) is 49.6. The second-order valence-corrected chi connectivity index (χ2v) is 38.0. The van der Waals surface area contributed by atoms with Crippen molar-refractivity contribution in [2.75, 3.05) is 132 Å². The van der Waals surface area contributed by atoms with Crippen molar-refractivity contribution < 1.29 is 47.4 Å². The summed E-state index contributed by atoms with van der Waals surface area (Å²) < 4.78 is 32.6. The van der Waals surface area contributed by atoms with Gasteiger partial charge >= 0.3 is 0 Å². The quantitative estimate of drug-likeness (QED) is 0.0269. The van der Waals surface area contributed by atoms with Crippen LogP contribution in [-0.4, -0.2) is 272 Å². The Kier molecular flexibility index (Phi) is 30.1. The zero-order valence-electron chi connectivity index (χ0n) is 80.6. The van der Waals surface area contributed by atoms with Crippen molar-refractivity contribution >= 4 is 107 Å². The molecule has 746 valence electrons. The number of hydrogen-bond acceptors (Lipinski definition) is 26. The first-order chi connectivity index (χ1) is 71.2. The molecule has 38 heteroatoms. The number of aliphatic hydroxyl groups is 1. The zero-order valence-corrected chi connectivity index (χ0v) is 80.6. The number of nitrogen functional groups attached to an aromatic ring is 1. The number of aliphatic hydroxyl groups excluding tert-OH is 1. The van der Waals surface area contributed by atoms with Gasteiger partial charge in [-0.25, -0.2) is 18.7 Å². The molecule has 7 saturated heterocycles. The molecule has 0 spiro atoms. The molecular weight excluding hydrogens is 1860 g/mol. The number of H-pyrrole nitrogens is 4. The first-order valence-electron chi connectivity index (χ1n) is 49.6. The molecule has 12 aromatic heterocycles. The average molecular weight is 1970 g/mol. The molecule has 7 aliphatic rings. The number of likely N-dealkylation sites (tertiary alicyclic amines) is 6. The number of aromatic nitrogens is 16. The third-order valence-electron chi connectivity index (χ3n) is 27.3. The van der Waals surface area contributed by atoms with E-state index in [1.165, 1.54) is 38.1 Å². The van der Waals surface area contributed by atoms with Gasteiger partial charge in [0, 0.05) is 191 Å². The van der Waals surface area contributed by atoms with Gasteiger partial charge < -0.3 is 46.6 Å². The van der Waals surface area contributed by atoms with Crippen LogP contribution in [0, 0.1) is 0 Å². The van der Waals surface area contributed by atoms with Gasteiger partial charge in [-0.1, -0.05) is 24.3 Å². The van der Waals surface area contributed by atoms with Crippen LogP contribution in [0.25, 0.3) is 88.1 Å². The van der Waals surface area contributed by atoms with E-state index < -0.39 is 5.92 Å². The summed E-state index contributed by atoms with van der Waals surface area (Å²) in [5.41, 5.74) is 26.1. The minimum Gasteiger partial charge on any atom is -0.397 e. The lowest BCUT2D eigenvalue weighted by Gasteiger charge is -2.29. The van der Waals surface area contributed by atoms with Crippen LogP contribution in [0.3, 0.4) is 0 Å². The number of amides is 6. The highest BCUT2D eigenvalue weighted by Crippen LogP contribution is 2.35. The predicted octanol–water partition coefficient (Wildman–Crippen LogP) is 15.0. The lowest BCUT2D eigenvalue weighted by Crippen LogP contribution is -2.35. The molecule has 11 N–H and O–H groups in total.